The lowest BCUT2D eigenvalue weighted by atomic mass is 10.2. The van der Waals surface area contributed by atoms with E-state index >= 15 is 0 Å². The molecule has 0 saturated carbocycles. The van der Waals surface area contributed by atoms with Gasteiger partial charge in [-0.05, 0) is 24.3 Å². The number of hydrogen-bond donors (Lipinski definition) is 1. The molecule has 0 spiro atoms. The summed E-state index contributed by atoms with van der Waals surface area (Å²) in [6, 6.07) is 4.52. The number of halogens is 3. The summed E-state index contributed by atoms with van der Waals surface area (Å²) in [7, 11) is -1.83. The summed E-state index contributed by atoms with van der Waals surface area (Å²) < 4.78 is 48.1. The Balaban J connectivity index is 3.07. The molecule has 0 amide bonds. The van der Waals surface area contributed by atoms with Crippen molar-refractivity contribution in [3.8, 4) is 0 Å². The maximum Gasteiger partial charge on any atom is 0.416 e. The first-order chi connectivity index (χ1) is 6.68. The fourth-order valence-corrected chi connectivity index (χ4v) is 1.62. The highest BCUT2D eigenvalue weighted by Crippen LogP contribution is 2.30. The highest BCUT2D eigenvalue weighted by atomic mass is 32.2. The van der Waals surface area contributed by atoms with Crippen LogP contribution in [0, 0.1) is 4.78 Å². The van der Waals surface area contributed by atoms with E-state index in [9.17, 15) is 13.2 Å². The zero-order valence-corrected chi connectivity index (χ0v) is 9.12. The molecular weight excluding hydrogens is 225 g/mol. The summed E-state index contributed by atoms with van der Waals surface area (Å²) in [6.45, 7) is 0. The molecule has 0 aliphatic carbocycles. The Labute approximate surface area is 86.7 Å². The molecule has 0 saturated heterocycles. The van der Waals surface area contributed by atoms with Crippen molar-refractivity contribution >= 4 is 15.3 Å². The second-order valence-electron chi connectivity index (χ2n) is 3.41. The van der Waals surface area contributed by atoms with Crippen LogP contribution in [0.15, 0.2) is 28.6 Å². The second kappa shape index (κ2) is 3.84. The number of alkyl halides is 3. The molecule has 0 aliphatic rings. The summed E-state index contributed by atoms with van der Waals surface area (Å²) >= 11 is 0. The third-order valence-electron chi connectivity index (χ3n) is 1.53. The maximum atomic E-state index is 12.2. The van der Waals surface area contributed by atoms with E-state index in [2.05, 4.69) is 4.36 Å². The molecule has 6 heteroatoms. The summed E-state index contributed by atoms with van der Waals surface area (Å²) in [5, 5.41) is 0. The summed E-state index contributed by atoms with van der Waals surface area (Å²) in [4.78, 5) is 0. The number of rotatable bonds is 1. The first-order valence-electron chi connectivity index (χ1n) is 4.07. The van der Waals surface area contributed by atoms with E-state index in [-0.39, 0.29) is 0 Å². The van der Waals surface area contributed by atoms with Gasteiger partial charge in [0, 0.05) is 12.5 Å². The van der Waals surface area contributed by atoms with Crippen molar-refractivity contribution in [3.05, 3.63) is 29.8 Å². The van der Waals surface area contributed by atoms with Crippen LogP contribution < -0.4 is 0 Å². The minimum atomic E-state index is -4.32. The van der Waals surface area contributed by atoms with Gasteiger partial charge in [0.25, 0.3) is 0 Å². The normalized spacial score (nSPS) is 12.6. The first-order valence-corrected chi connectivity index (χ1v) is 6.47. The zero-order valence-electron chi connectivity index (χ0n) is 8.30. The van der Waals surface area contributed by atoms with Crippen LogP contribution >= 0.6 is 0 Å². The lowest BCUT2D eigenvalue weighted by Crippen LogP contribution is -2.03. The molecule has 0 radical (unpaired) electrons. The minimum absolute atomic E-state index is 0.415. The smallest absolute Gasteiger partial charge is 0.270 e. The molecule has 0 heterocycles. The predicted octanol–water partition coefficient (Wildman–Crippen LogP) is 3.70. The van der Waals surface area contributed by atoms with Crippen molar-refractivity contribution in [2.24, 2.45) is 4.36 Å². The van der Waals surface area contributed by atoms with Crippen LogP contribution in [0.2, 0.25) is 0 Å². The average Bonchev–Trinajstić information content (AvgIpc) is 2.00. The van der Waals surface area contributed by atoms with E-state index in [4.69, 9.17) is 4.78 Å². The second-order valence-corrected chi connectivity index (χ2v) is 6.14. The van der Waals surface area contributed by atoms with E-state index in [0.29, 0.717) is 5.69 Å². The van der Waals surface area contributed by atoms with Gasteiger partial charge in [-0.1, -0.05) is 9.62 Å². The van der Waals surface area contributed by atoms with Crippen LogP contribution in [0.1, 0.15) is 5.56 Å². The molecule has 1 rings (SSSR count). The molecule has 1 N–H and O–H groups in total. The molecule has 84 valence electrons. The van der Waals surface area contributed by atoms with Gasteiger partial charge in [-0.3, -0.25) is 4.78 Å². The molecule has 1 aromatic carbocycles. The number of benzene rings is 1. The first kappa shape index (κ1) is 12.0. The molecular formula is C9H11F3N2S. The van der Waals surface area contributed by atoms with Gasteiger partial charge in [0.05, 0.1) is 11.3 Å². The van der Waals surface area contributed by atoms with Crippen LogP contribution in [0.4, 0.5) is 18.9 Å². The zero-order chi connectivity index (χ0) is 11.7. The molecule has 0 atom stereocenters. The molecule has 15 heavy (non-hydrogen) atoms. The van der Waals surface area contributed by atoms with Crippen LogP contribution in [-0.4, -0.2) is 12.5 Å². The van der Waals surface area contributed by atoms with Gasteiger partial charge in [-0.25, -0.2) is 4.36 Å². The lowest BCUT2D eigenvalue weighted by Gasteiger charge is -2.06. The van der Waals surface area contributed by atoms with E-state index in [1.165, 1.54) is 12.1 Å². The van der Waals surface area contributed by atoms with Gasteiger partial charge in [0.1, 0.15) is 0 Å². The Morgan fingerprint density at radius 1 is 1.13 bits per heavy atom. The summed E-state index contributed by atoms with van der Waals surface area (Å²) in [5.41, 5.74) is -0.280. The SMILES string of the molecule is CS(C)(=N)=Nc1ccc(C(F)(F)F)cc1. The Kier molecular flexibility index (Phi) is 3.08. The van der Waals surface area contributed by atoms with Crippen molar-refractivity contribution < 1.29 is 13.2 Å². The topological polar surface area (TPSA) is 36.2 Å². The van der Waals surface area contributed by atoms with Crippen LogP contribution in [0.3, 0.4) is 0 Å². The lowest BCUT2D eigenvalue weighted by molar-refractivity contribution is -0.137. The van der Waals surface area contributed by atoms with Crippen molar-refractivity contribution in [2.45, 2.75) is 6.18 Å². The van der Waals surface area contributed by atoms with Gasteiger partial charge in [0.2, 0.25) is 0 Å². The Morgan fingerprint density at radius 2 is 1.60 bits per heavy atom. The van der Waals surface area contributed by atoms with Crippen LogP contribution in [0.25, 0.3) is 0 Å². The number of nitrogens with one attached hydrogen (secondary N) is 1. The number of nitrogens with zero attached hydrogens (tertiary/aromatic N) is 1. The molecule has 1 aromatic rings. The predicted molar refractivity (Wildman–Crippen MR) is 55.5 cm³/mol. The van der Waals surface area contributed by atoms with E-state index in [0.717, 1.165) is 12.1 Å². The maximum absolute atomic E-state index is 12.2. The van der Waals surface area contributed by atoms with E-state index < -0.39 is 21.4 Å². The van der Waals surface area contributed by atoms with Crippen LogP contribution in [-0.2, 0) is 15.8 Å². The Hall–Kier alpha value is -1.04. The third kappa shape index (κ3) is 3.91. The third-order valence-corrected chi connectivity index (χ3v) is 2.20. The van der Waals surface area contributed by atoms with Crippen molar-refractivity contribution in [3.63, 3.8) is 0 Å². The molecule has 0 aliphatic heterocycles. The monoisotopic (exact) mass is 236 g/mol. The Bertz CT molecular complexity index is 445. The molecule has 0 fully saturated rings. The fraction of sp³-hybridized carbons (Fsp3) is 0.333. The Morgan fingerprint density at radius 3 is 1.93 bits per heavy atom. The van der Waals surface area contributed by atoms with Crippen molar-refractivity contribution in [1.29, 1.82) is 4.78 Å². The quantitative estimate of drug-likeness (QED) is 0.772. The van der Waals surface area contributed by atoms with Gasteiger partial charge < -0.3 is 0 Å². The largest absolute Gasteiger partial charge is 0.416 e. The molecule has 0 bridgehead atoms. The number of hydrogen-bond acceptors (Lipinski definition) is 2. The molecule has 2 nitrogen and oxygen atoms in total. The average molecular weight is 236 g/mol. The highest BCUT2D eigenvalue weighted by molar-refractivity contribution is 7.93. The van der Waals surface area contributed by atoms with Gasteiger partial charge >= 0.3 is 6.18 Å². The van der Waals surface area contributed by atoms with Crippen LogP contribution in [0.5, 0.6) is 0 Å². The van der Waals surface area contributed by atoms with Crippen molar-refractivity contribution in [1.82, 2.24) is 0 Å². The standard InChI is InChI=1S/C9H11F3N2S/c1-15(2,13)14-8-5-3-7(4-6-8)9(10,11)12/h3-6,13H,1-2H3. The summed E-state index contributed by atoms with van der Waals surface area (Å²) in [5.74, 6) is 0. The minimum Gasteiger partial charge on any atom is -0.270 e. The molecule has 0 unspecified atom stereocenters. The summed E-state index contributed by atoms with van der Waals surface area (Å²) in [6.07, 6.45) is -1.03. The van der Waals surface area contributed by atoms with E-state index in [1.54, 1.807) is 12.5 Å². The highest BCUT2D eigenvalue weighted by Gasteiger charge is 2.29. The van der Waals surface area contributed by atoms with Gasteiger partial charge in [-0.2, -0.15) is 13.2 Å². The van der Waals surface area contributed by atoms with Crippen molar-refractivity contribution in [2.75, 3.05) is 12.5 Å². The van der Waals surface area contributed by atoms with E-state index in [1.807, 2.05) is 0 Å². The molecule has 0 aromatic heterocycles. The van der Waals surface area contributed by atoms with Gasteiger partial charge in [0.15, 0.2) is 0 Å². The van der Waals surface area contributed by atoms with Gasteiger partial charge in [-0.15, -0.1) is 0 Å². The fourth-order valence-electron chi connectivity index (χ4n) is 0.975.